The molecule has 1 fully saturated rings. The Balaban J connectivity index is 2.49. The number of amides is 4. The molecule has 0 aromatic heterocycles. The van der Waals surface area contributed by atoms with Crippen LogP contribution in [0.5, 0.6) is 5.75 Å². The van der Waals surface area contributed by atoms with E-state index in [2.05, 4.69) is 10.6 Å². The van der Waals surface area contributed by atoms with Gasteiger partial charge in [0, 0.05) is 18.5 Å². The fraction of sp³-hybridized carbons (Fsp3) is 0.630. The van der Waals surface area contributed by atoms with Gasteiger partial charge in [-0.15, -0.1) is 0 Å². The highest BCUT2D eigenvalue weighted by atomic mass is 16.6. The minimum atomic E-state index is -1.14. The molecule has 1 aliphatic rings. The van der Waals surface area contributed by atoms with Gasteiger partial charge in [0.15, 0.2) is 0 Å². The molecule has 206 valence electrons. The fourth-order valence-electron chi connectivity index (χ4n) is 4.31. The maximum Gasteiger partial charge on any atom is 0.408 e. The Kier molecular flexibility index (Phi) is 10.3. The van der Waals surface area contributed by atoms with Crippen LogP contribution in [0.3, 0.4) is 0 Å². The van der Waals surface area contributed by atoms with E-state index in [0.717, 1.165) is 12.8 Å². The molecule has 0 aliphatic heterocycles. The zero-order chi connectivity index (χ0) is 27.9. The summed E-state index contributed by atoms with van der Waals surface area (Å²) in [5.41, 5.74) is 4.99. The van der Waals surface area contributed by atoms with E-state index in [1.54, 1.807) is 32.9 Å². The molecule has 5 unspecified atom stereocenters. The summed E-state index contributed by atoms with van der Waals surface area (Å²) in [4.78, 5) is 53.3. The third-order valence-corrected chi connectivity index (χ3v) is 6.17. The maximum atomic E-state index is 14.1. The normalized spacial score (nSPS) is 19.2. The number of nitrogens with zero attached hydrogens (tertiary/aromatic N) is 1. The molecule has 2 rings (SSSR count). The van der Waals surface area contributed by atoms with E-state index in [-0.39, 0.29) is 42.5 Å². The number of primary amides is 1. The van der Waals surface area contributed by atoms with Gasteiger partial charge in [-0.3, -0.25) is 14.4 Å². The van der Waals surface area contributed by atoms with Gasteiger partial charge in [-0.05, 0) is 70.6 Å². The van der Waals surface area contributed by atoms with E-state index in [4.69, 9.17) is 10.5 Å². The maximum absolute atomic E-state index is 14.1. The summed E-state index contributed by atoms with van der Waals surface area (Å²) in [6.07, 6.45) is 1.30. The Labute approximate surface area is 219 Å². The average Bonchev–Trinajstić information content (AvgIpc) is 3.48. The average molecular weight is 519 g/mol. The summed E-state index contributed by atoms with van der Waals surface area (Å²) in [6.45, 7) is 11.0. The van der Waals surface area contributed by atoms with Gasteiger partial charge in [0.25, 0.3) is 0 Å². The second-order valence-corrected chi connectivity index (χ2v) is 10.9. The molecule has 1 saturated carbocycles. The summed E-state index contributed by atoms with van der Waals surface area (Å²) in [7, 11) is 0. The van der Waals surface area contributed by atoms with Crippen LogP contribution in [-0.2, 0) is 19.1 Å². The molecule has 4 amide bonds. The van der Waals surface area contributed by atoms with Gasteiger partial charge in [-0.2, -0.15) is 0 Å². The summed E-state index contributed by atoms with van der Waals surface area (Å²) in [5, 5.41) is 15.7. The molecule has 5 N–H and O–H groups in total. The number of hydrogen-bond acceptors (Lipinski definition) is 6. The first-order valence-electron chi connectivity index (χ1n) is 12.9. The van der Waals surface area contributed by atoms with Gasteiger partial charge >= 0.3 is 6.09 Å². The third-order valence-electron chi connectivity index (χ3n) is 6.17. The summed E-state index contributed by atoms with van der Waals surface area (Å²) < 4.78 is 5.34. The molecule has 0 spiro atoms. The first kappa shape index (κ1) is 29.9. The molecule has 0 saturated heterocycles. The Hall–Kier alpha value is -3.30. The number of nitrogens with two attached hydrogens (primary N) is 1. The van der Waals surface area contributed by atoms with Gasteiger partial charge in [0.05, 0.1) is 0 Å². The van der Waals surface area contributed by atoms with Crippen molar-refractivity contribution in [3.05, 3.63) is 29.8 Å². The number of hydrogen-bond donors (Lipinski definition) is 4. The Morgan fingerprint density at radius 1 is 1.19 bits per heavy atom. The number of nitrogens with one attached hydrogen (secondary N) is 2. The number of benzene rings is 1. The largest absolute Gasteiger partial charge is 0.508 e. The van der Waals surface area contributed by atoms with Crippen LogP contribution >= 0.6 is 0 Å². The van der Waals surface area contributed by atoms with Gasteiger partial charge in [-0.25, -0.2) is 4.79 Å². The molecule has 0 bridgehead atoms. The molecule has 1 aromatic rings. The third kappa shape index (κ3) is 9.26. The predicted molar refractivity (Wildman–Crippen MR) is 139 cm³/mol. The number of carbonyl (C=O) groups is 4. The Morgan fingerprint density at radius 3 is 2.35 bits per heavy atom. The lowest BCUT2D eigenvalue weighted by molar-refractivity contribution is -0.144. The lowest BCUT2D eigenvalue weighted by Crippen LogP contribution is -2.54. The summed E-state index contributed by atoms with van der Waals surface area (Å²) in [6, 6.07) is 3.66. The second kappa shape index (κ2) is 12.8. The number of ether oxygens (including phenoxy) is 1. The molecule has 10 heteroatoms. The number of rotatable bonds is 12. The standard InChI is InChI=1S/C27H42N4O6/c1-7-9-17(3)29-24(34)23(18-10-8-11-19(32)15-18)31(21-14-16(21)2)25(35)20(12-13-22(28)33)30-26(36)37-27(4,5)6/h8,10-11,15-17,20-21,23,32H,7,9,12-14H2,1-6H3,(H2,28,33)(H,29,34)(H,30,36). The van der Waals surface area contributed by atoms with Gasteiger partial charge in [0.2, 0.25) is 17.7 Å². The lowest BCUT2D eigenvalue weighted by atomic mass is 10.00. The SMILES string of the molecule is CCCC(C)NC(=O)C(c1cccc(O)c1)N(C(=O)C(CCC(N)=O)NC(=O)OC(C)(C)C)C1CC1C. The van der Waals surface area contributed by atoms with Crippen molar-refractivity contribution in [2.24, 2.45) is 11.7 Å². The molecule has 1 aromatic carbocycles. The van der Waals surface area contributed by atoms with E-state index in [0.29, 0.717) is 12.0 Å². The predicted octanol–water partition coefficient (Wildman–Crippen LogP) is 3.13. The van der Waals surface area contributed by atoms with Crippen LogP contribution in [0.4, 0.5) is 4.79 Å². The highest BCUT2D eigenvalue weighted by Crippen LogP contribution is 2.41. The van der Waals surface area contributed by atoms with Crippen LogP contribution in [0, 0.1) is 5.92 Å². The number of aromatic hydroxyl groups is 1. The second-order valence-electron chi connectivity index (χ2n) is 10.9. The zero-order valence-corrected chi connectivity index (χ0v) is 22.7. The fourth-order valence-corrected chi connectivity index (χ4v) is 4.31. The first-order chi connectivity index (χ1) is 17.2. The highest BCUT2D eigenvalue weighted by molar-refractivity contribution is 5.93. The van der Waals surface area contributed by atoms with Crippen molar-refractivity contribution >= 4 is 23.8 Å². The minimum Gasteiger partial charge on any atom is -0.508 e. The van der Waals surface area contributed by atoms with Crippen LogP contribution in [0.1, 0.15) is 85.3 Å². The van der Waals surface area contributed by atoms with Crippen molar-refractivity contribution in [1.82, 2.24) is 15.5 Å². The van der Waals surface area contributed by atoms with Crippen molar-refractivity contribution in [2.75, 3.05) is 0 Å². The number of carbonyl (C=O) groups excluding carboxylic acids is 4. The van der Waals surface area contributed by atoms with Gasteiger partial charge in [0.1, 0.15) is 23.4 Å². The Bertz CT molecular complexity index is 976. The molecule has 0 heterocycles. The van der Waals surface area contributed by atoms with Gasteiger partial charge < -0.3 is 31.1 Å². The minimum absolute atomic E-state index is 0.0368. The number of alkyl carbamates (subject to hydrolysis) is 1. The molecule has 37 heavy (non-hydrogen) atoms. The topological polar surface area (TPSA) is 151 Å². The van der Waals surface area contributed by atoms with Gasteiger partial charge in [-0.1, -0.05) is 32.4 Å². The molecule has 5 atom stereocenters. The highest BCUT2D eigenvalue weighted by Gasteiger charge is 2.48. The van der Waals surface area contributed by atoms with E-state index >= 15 is 0 Å². The van der Waals surface area contributed by atoms with E-state index in [9.17, 15) is 24.3 Å². The lowest BCUT2D eigenvalue weighted by Gasteiger charge is -2.35. The van der Waals surface area contributed by atoms with E-state index < -0.39 is 35.6 Å². The first-order valence-corrected chi connectivity index (χ1v) is 12.9. The van der Waals surface area contributed by atoms with Crippen molar-refractivity contribution in [2.45, 2.75) is 103 Å². The molecular weight excluding hydrogens is 476 g/mol. The number of phenolic OH excluding ortho intramolecular Hbond substituents is 1. The molecule has 10 nitrogen and oxygen atoms in total. The molecular formula is C27H42N4O6. The number of phenols is 1. The molecule has 0 radical (unpaired) electrons. The van der Waals surface area contributed by atoms with E-state index in [1.165, 1.54) is 17.0 Å². The molecule has 1 aliphatic carbocycles. The smallest absolute Gasteiger partial charge is 0.408 e. The van der Waals surface area contributed by atoms with Crippen molar-refractivity contribution < 1.29 is 29.0 Å². The van der Waals surface area contributed by atoms with Crippen molar-refractivity contribution in [1.29, 1.82) is 0 Å². The van der Waals surface area contributed by atoms with Crippen LogP contribution in [0.25, 0.3) is 0 Å². The van der Waals surface area contributed by atoms with Crippen molar-refractivity contribution in [3.8, 4) is 5.75 Å². The van der Waals surface area contributed by atoms with E-state index in [1.807, 2.05) is 20.8 Å². The summed E-state index contributed by atoms with van der Waals surface area (Å²) in [5.74, 6) is -1.43. The van der Waals surface area contributed by atoms with Crippen LogP contribution in [-0.4, -0.2) is 57.5 Å². The zero-order valence-electron chi connectivity index (χ0n) is 22.7. The van der Waals surface area contributed by atoms with Crippen LogP contribution < -0.4 is 16.4 Å². The van der Waals surface area contributed by atoms with Crippen LogP contribution in [0.2, 0.25) is 0 Å². The Morgan fingerprint density at radius 2 is 1.84 bits per heavy atom. The van der Waals surface area contributed by atoms with Crippen LogP contribution in [0.15, 0.2) is 24.3 Å². The quantitative estimate of drug-likeness (QED) is 0.334. The van der Waals surface area contributed by atoms with Crippen molar-refractivity contribution in [3.63, 3.8) is 0 Å². The summed E-state index contributed by atoms with van der Waals surface area (Å²) >= 11 is 0. The monoisotopic (exact) mass is 518 g/mol.